The van der Waals surface area contributed by atoms with Gasteiger partial charge in [-0.15, -0.1) is 0 Å². The lowest BCUT2D eigenvalue weighted by atomic mass is 10.2. The minimum Gasteiger partial charge on any atom is -0.370 e. The van der Waals surface area contributed by atoms with E-state index in [4.69, 9.17) is 11.6 Å². The second-order valence-electron chi connectivity index (χ2n) is 4.97. The molecule has 0 aromatic heterocycles. The van der Waals surface area contributed by atoms with Gasteiger partial charge < -0.3 is 10.2 Å². The number of anilines is 1. The maximum Gasteiger partial charge on any atom is 0.143 e. The van der Waals surface area contributed by atoms with Crippen LogP contribution in [0.15, 0.2) is 18.2 Å². The molecule has 2 nitrogen and oxygen atoms in total. The maximum absolute atomic E-state index is 13.4. The highest BCUT2D eigenvalue weighted by atomic mass is 35.5. The molecule has 1 N–H and O–H groups in total. The molecule has 1 aliphatic carbocycles. The first-order valence-electron chi connectivity index (χ1n) is 6.18. The molecule has 0 amide bonds. The first-order chi connectivity index (χ1) is 8.22. The summed E-state index contributed by atoms with van der Waals surface area (Å²) >= 11 is 5.69. The topological polar surface area (TPSA) is 15.3 Å². The summed E-state index contributed by atoms with van der Waals surface area (Å²) in [6.45, 7) is 1.96. The molecule has 1 heterocycles. The zero-order valence-corrected chi connectivity index (χ0v) is 10.4. The van der Waals surface area contributed by atoms with Crippen molar-refractivity contribution >= 4 is 17.3 Å². The van der Waals surface area contributed by atoms with Crippen molar-refractivity contribution in [1.82, 2.24) is 5.32 Å². The summed E-state index contributed by atoms with van der Waals surface area (Å²) in [6.07, 6.45) is 3.76. The van der Waals surface area contributed by atoms with E-state index in [-0.39, 0.29) is 10.8 Å². The second-order valence-corrected chi connectivity index (χ2v) is 5.38. The lowest BCUT2D eigenvalue weighted by molar-refractivity contribution is 0.548. The highest BCUT2D eigenvalue weighted by Crippen LogP contribution is 2.27. The van der Waals surface area contributed by atoms with Gasteiger partial charge in [0.1, 0.15) is 5.82 Å². The van der Waals surface area contributed by atoms with Crippen molar-refractivity contribution in [1.29, 1.82) is 0 Å². The molecular weight excluding hydrogens is 239 g/mol. The molecule has 1 saturated carbocycles. The average Bonchev–Trinajstić information content (AvgIpc) is 2.99. The molecule has 4 heteroatoms. The Labute approximate surface area is 106 Å². The van der Waals surface area contributed by atoms with Crippen molar-refractivity contribution in [2.24, 2.45) is 0 Å². The molecule has 1 atom stereocenters. The lowest BCUT2D eigenvalue weighted by Crippen LogP contribution is -2.33. The van der Waals surface area contributed by atoms with Crippen LogP contribution in [0.25, 0.3) is 0 Å². The molecule has 2 fully saturated rings. The summed E-state index contributed by atoms with van der Waals surface area (Å²) in [5.41, 5.74) is 0.937. The Kier molecular flexibility index (Phi) is 2.97. The fraction of sp³-hybridized carbons (Fsp3) is 0.538. The van der Waals surface area contributed by atoms with E-state index in [0.717, 1.165) is 31.2 Å². The quantitative estimate of drug-likeness (QED) is 0.892. The Morgan fingerprint density at radius 3 is 2.76 bits per heavy atom. The summed E-state index contributed by atoms with van der Waals surface area (Å²) in [6, 6.07) is 6.35. The predicted molar refractivity (Wildman–Crippen MR) is 68.2 cm³/mol. The maximum atomic E-state index is 13.4. The van der Waals surface area contributed by atoms with Gasteiger partial charge in [-0.05, 0) is 37.5 Å². The third-order valence-electron chi connectivity index (χ3n) is 3.51. The molecule has 1 aromatic carbocycles. The van der Waals surface area contributed by atoms with Crippen molar-refractivity contribution in [3.05, 3.63) is 29.0 Å². The highest BCUT2D eigenvalue weighted by Gasteiger charge is 2.29. The van der Waals surface area contributed by atoms with Gasteiger partial charge in [-0.3, -0.25) is 0 Å². The average molecular weight is 255 g/mol. The highest BCUT2D eigenvalue weighted by molar-refractivity contribution is 6.30. The first-order valence-corrected chi connectivity index (χ1v) is 6.56. The standard InChI is InChI=1S/C13H16ClFN2/c14-12-4-3-11(7-13(12)15)17-6-5-10(8-17)16-9-1-2-9/h3-4,7,9-10,16H,1-2,5-6,8H2. The van der Waals surface area contributed by atoms with Crippen LogP contribution in [-0.2, 0) is 0 Å². The molecule has 92 valence electrons. The van der Waals surface area contributed by atoms with Crippen molar-refractivity contribution in [2.75, 3.05) is 18.0 Å². The van der Waals surface area contributed by atoms with E-state index in [1.54, 1.807) is 6.07 Å². The van der Waals surface area contributed by atoms with Gasteiger partial charge in [0.05, 0.1) is 5.02 Å². The van der Waals surface area contributed by atoms with E-state index in [9.17, 15) is 4.39 Å². The first kappa shape index (κ1) is 11.3. The summed E-state index contributed by atoms with van der Waals surface area (Å²) in [5.74, 6) is -0.331. The van der Waals surface area contributed by atoms with Crippen molar-refractivity contribution in [3.8, 4) is 0 Å². The molecule has 2 aliphatic rings. The van der Waals surface area contributed by atoms with E-state index in [1.165, 1.54) is 18.9 Å². The Morgan fingerprint density at radius 2 is 2.06 bits per heavy atom. The summed E-state index contributed by atoms with van der Waals surface area (Å²) in [7, 11) is 0. The van der Waals surface area contributed by atoms with E-state index in [1.807, 2.05) is 6.07 Å². The third kappa shape index (κ3) is 2.55. The number of benzene rings is 1. The number of rotatable bonds is 3. The Hall–Kier alpha value is -0.800. The Balaban J connectivity index is 1.66. The van der Waals surface area contributed by atoms with Crippen LogP contribution in [0.2, 0.25) is 5.02 Å². The van der Waals surface area contributed by atoms with Gasteiger partial charge in [-0.1, -0.05) is 11.6 Å². The number of nitrogens with zero attached hydrogens (tertiary/aromatic N) is 1. The Bertz CT molecular complexity index is 420. The van der Waals surface area contributed by atoms with E-state index in [2.05, 4.69) is 10.2 Å². The number of hydrogen-bond donors (Lipinski definition) is 1. The number of hydrogen-bond acceptors (Lipinski definition) is 2. The monoisotopic (exact) mass is 254 g/mol. The molecule has 3 rings (SSSR count). The summed E-state index contributed by atoms with van der Waals surface area (Å²) < 4.78 is 13.4. The van der Waals surface area contributed by atoms with Gasteiger partial charge >= 0.3 is 0 Å². The van der Waals surface area contributed by atoms with E-state index >= 15 is 0 Å². The van der Waals surface area contributed by atoms with Crippen LogP contribution in [-0.4, -0.2) is 25.2 Å². The van der Waals surface area contributed by atoms with Crippen LogP contribution in [0, 0.1) is 5.82 Å². The molecule has 1 unspecified atom stereocenters. The molecule has 17 heavy (non-hydrogen) atoms. The van der Waals surface area contributed by atoms with Gasteiger partial charge in [0.2, 0.25) is 0 Å². The SMILES string of the molecule is Fc1cc(N2CCC(NC3CC3)C2)ccc1Cl. The van der Waals surface area contributed by atoms with Gasteiger partial charge in [-0.2, -0.15) is 0 Å². The molecule has 1 saturated heterocycles. The van der Waals surface area contributed by atoms with Crippen LogP contribution in [0.5, 0.6) is 0 Å². The van der Waals surface area contributed by atoms with Crippen LogP contribution in [0.1, 0.15) is 19.3 Å². The van der Waals surface area contributed by atoms with Gasteiger partial charge in [0, 0.05) is 30.9 Å². The van der Waals surface area contributed by atoms with E-state index in [0.29, 0.717) is 6.04 Å². The second kappa shape index (κ2) is 4.46. The smallest absolute Gasteiger partial charge is 0.143 e. The number of nitrogens with one attached hydrogen (secondary N) is 1. The van der Waals surface area contributed by atoms with Gasteiger partial charge in [0.25, 0.3) is 0 Å². The largest absolute Gasteiger partial charge is 0.370 e. The van der Waals surface area contributed by atoms with Crippen LogP contribution in [0.3, 0.4) is 0 Å². The van der Waals surface area contributed by atoms with Crippen LogP contribution < -0.4 is 10.2 Å². The van der Waals surface area contributed by atoms with Crippen LogP contribution in [0.4, 0.5) is 10.1 Å². The fourth-order valence-electron chi connectivity index (χ4n) is 2.40. The molecule has 1 aromatic rings. The van der Waals surface area contributed by atoms with Gasteiger partial charge in [-0.25, -0.2) is 4.39 Å². The minimum atomic E-state index is -0.331. The molecule has 0 radical (unpaired) electrons. The van der Waals surface area contributed by atoms with Gasteiger partial charge in [0.15, 0.2) is 0 Å². The minimum absolute atomic E-state index is 0.195. The Morgan fingerprint density at radius 1 is 1.24 bits per heavy atom. The summed E-state index contributed by atoms with van der Waals surface area (Å²) in [5, 5.41) is 3.81. The third-order valence-corrected chi connectivity index (χ3v) is 3.81. The molecular formula is C13H16ClFN2. The van der Waals surface area contributed by atoms with Crippen LogP contribution >= 0.6 is 11.6 Å². The van der Waals surface area contributed by atoms with E-state index < -0.39 is 0 Å². The zero-order chi connectivity index (χ0) is 11.8. The molecule has 0 spiro atoms. The van der Waals surface area contributed by atoms with Crippen molar-refractivity contribution in [2.45, 2.75) is 31.3 Å². The molecule has 1 aliphatic heterocycles. The molecule has 0 bridgehead atoms. The lowest BCUT2D eigenvalue weighted by Gasteiger charge is -2.19. The fourth-order valence-corrected chi connectivity index (χ4v) is 2.51. The summed E-state index contributed by atoms with van der Waals surface area (Å²) in [4.78, 5) is 2.22. The number of halogens is 2. The zero-order valence-electron chi connectivity index (χ0n) is 9.63. The normalized spacial score (nSPS) is 24.4. The van der Waals surface area contributed by atoms with Crippen molar-refractivity contribution in [3.63, 3.8) is 0 Å². The predicted octanol–water partition coefficient (Wildman–Crippen LogP) is 2.81. The van der Waals surface area contributed by atoms with Crippen molar-refractivity contribution < 1.29 is 4.39 Å².